The minimum atomic E-state index is 0.304. The molecule has 2 aromatic carbocycles. The molecule has 0 spiro atoms. The van der Waals surface area contributed by atoms with E-state index in [0.29, 0.717) is 6.04 Å². The summed E-state index contributed by atoms with van der Waals surface area (Å²) in [6.45, 7) is 1.95. The summed E-state index contributed by atoms with van der Waals surface area (Å²) in [6, 6.07) is 17.4. The molecule has 5 heteroatoms. The zero-order valence-corrected chi connectivity index (χ0v) is 16.0. The third-order valence-electron chi connectivity index (χ3n) is 5.16. The lowest BCUT2D eigenvalue weighted by Crippen LogP contribution is -2.18. The SMILES string of the molecule is Cc1nc(N[C@@H]2CCCc3ccccc32)cc(-c2ccc3scnc3c2)n1. The van der Waals surface area contributed by atoms with Crippen LogP contribution in [0.15, 0.2) is 54.0 Å². The largest absolute Gasteiger partial charge is 0.363 e. The van der Waals surface area contributed by atoms with E-state index in [-0.39, 0.29) is 0 Å². The Hall–Kier alpha value is -2.79. The summed E-state index contributed by atoms with van der Waals surface area (Å²) < 4.78 is 1.20. The summed E-state index contributed by atoms with van der Waals surface area (Å²) in [7, 11) is 0. The van der Waals surface area contributed by atoms with Gasteiger partial charge in [-0.15, -0.1) is 11.3 Å². The molecule has 0 saturated carbocycles. The zero-order chi connectivity index (χ0) is 18.2. The zero-order valence-electron chi connectivity index (χ0n) is 15.1. The maximum atomic E-state index is 4.66. The highest BCUT2D eigenvalue weighted by Gasteiger charge is 2.20. The highest BCUT2D eigenvalue weighted by atomic mass is 32.1. The molecule has 4 aromatic rings. The maximum Gasteiger partial charge on any atom is 0.130 e. The van der Waals surface area contributed by atoms with Gasteiger partial charge in [0.1, 0.15) is 11.6 Å². The quantitative estimate of drug-likeness (QED) is 0.512. The predicted molar refractivity (Wildman–Crippen MR) is 111 cm³/mol. The lowest BCUT2D eigenvalue weighted by molar-refractivity contribution is 0.598. The van der Waals surface area contributed by atoms with Crippen molar-refractivity contribution in [3.8, 4) is 11.3 Å². The van der Waals surface area contributed by atoms with Crippen molar-refractivity contribution >= 4 is 27.4 Å². The van der Waals surface area contributed by atoms with E-state index in [1.165, 1.54) is 22.2 Å². The van der Waals surface area contributed by atoms with Crippen molar-refractivity contribution in [1.29, 1.82) is 0 Å². The average molecular weight is 372 g/mol. The molecule has 27 heavy (non-hydrogen) atoms. The van der Waals surface area contributed by atoms with E-state index in [1.54, 1.807) is 11.3 Å². The molecule has 2 aromatic heterocycles. The van der Waals surface area contributed by atoms with Gasteiger partial charge in [-0.1, -0.05) is 30.3 Å². The summed E-state index contributed by atoms with van der Waals surface area (Å²) in [4.78, 5) is 13.7. The molecular formula is C22H20N4S. The summed E-state index contributed by atoms with van der Waals surface area (Å²) >= 11 is 1.66. The van der Waals surface area contributed by atoms with Gasteiger partial charge in [0.05, 0.1) is 27.5 Å². The Morgan fingerprint density at radius 1 is 1.07 bits per heavy atom. The number of hydrogen-bond acceptors (Lipinski definition) is 5. The molecule has 1 aliphatic carbocycles. The first kappa shape index (κ1) is 16.4. The summed E-state index contributed by atoms with van der Waals surface area (Å²) in [5.74, 6) is 1.66. The van der Waals surface area contributed by atoms with Crippen LogP contribution in [0.3, 0.4) is 0 Å². The molecule has 2 heterocycles. The van der Waals surface area contributed by atoms with Gasteiger partial charge in [0.15, 0.2) is 0 Å². The van der Waals surface area contributed by atoms with Crippen molar-refractivity contribution < 1.29 is 0 Å². The summed E-state index contributed by atoms with van der Waals surface area (Å²) in [6.07, 6.45) is 3.49. The minimum Gasteiger partial charge on any atom is -0.363 e. The van der Waals surface area contributed by atoms with Crippen LogP contribution in [0.5, 0.6) is 0 Å². The first-order valence-corrected chi connectivity index (χ1v) is 10.2. The standard InChI is InChI=1S/C22H20N4S/c1-14-24-19(16-9-10-21-20(11-16)23-13-27-21)12-22(25-14)26-18-8-4-6-15-5-2-3-7-17(15)18/h2-3,5,7,9-13,18H,4,6,8H2,1H3,(H,24,25,26)/t18-/m1/s1. The molecule has 1 atom stereocenters. The third kappa shape index (κ3) is 3.19. The van der Waals surface area contributed by atoms with E-state index in [4.69, 9.17) is 0 Å². The van der Waals surface area contributed by atoms with E-state index in [9.17, 15) is 0 Å². The van der Waals surface area contributed by atoms with Crippen molar-refractivity contribution in [1.82, 2.24) is 15.0 Å². The van der Waals surface area contributed by atoms with E-state index in [2.05, 4.69) is 68.8 Å². The van der Waals surface area contributed by atoms with Gasteiger partial charge in [0, 0.05) is 11.6 Å². The van der Waals surface area contributed by atoms with Crippen molar-refractivity contribution in [2.75, 3.05) is 5.32 Å². The highest BCUT2D eigenvalue weighted by molar-refractivity contribution is 7.16. The fourth-order valence-corrected chi connectivity index (χ4v) is 4.55. The van der Waals surface area contributed by atoms with Crippen molar-refractivity contribution in [3.05, 3.63) is 71.0 Å². The van der Waals surface area contributed by atoms with Crippen LogP contribution in [-0.2, 0) is 6.42 Å². The normalized spacial score (nSPS) is 16.3. The number of thiazole rings is 1. The van der Waals surface area contributed by atoms with E-state index < -0.39 is 0 Å². The van der Waals surface area contributed by atoms with Gasteiger partial charge in [-0.05, 0) is 49.4 Å². The van der Waals surface area contributed by atoms with Crippen LogP contribution in [0.2, 0.25) is 0 Å². The number of hydrogen-bond donors (Lipinski definition) is 1. The number of fused-ring (bicyclic) bond motifs is 2. The monoisotopic (exact) mass is 372 g/mol. The molecule has 0 radical (unpaired) electrons. The fourth-order valence-electron chi connectivity index (χ4n) is 3.89. The Kier molecular flexibility index (Phi) is 4.09. The van der Waals surface area contributed by atoms with Gasteiger partial charge in [-0.3, -0.25) is 0 Å². The number of aryl methyl sites for hydroxylation is 2. The van der Waals surface area contributed by atoms with Gasteiger partial charge in [0.2, 0.25) is 0 Å². The molecule has 134 valence electrons. The number of anilines is 1. The van der Waals surface area contributed by atoms with E-state index in [0.717, 1.165) is 41.3 Å². The summed E-state index contributed by atoms with van der Waals surface area (Å²) in [5.41, 5.74) is 7.75. The molecule has 0 bridgehead atoms. The van der Waals surface area contributed by atoms with Crippen molar-refractivity contribution in [2.24, 2.45) is 0 Å². The molecule has 0 fully saturated rings. The van der Waals surface area contributed by atoms with Gasteiger partial charge in [-0.25, -0.2) is 15.0 Å². The first-order valence-electron chi connectivity index (χ1n) is 9.30. The number of aromatic nitrogens is 3. The lowest BCUT2D eigenvalue weighted by Gasteiger charge is -2.27. The van der Waals surface area contributed by atoms with Gasteiger partial charge >= 0.3 is 0 Å². The van der Waals surface area contributed by atoms with Gasteiger partial charge in [-0.2, -0.15) is 0 Å². The lowest BCUT2D eigenvalue weighted by atomic mass is 9.88. The molecule has 5 rings (SSSR count). The van der Waals surface area contributed by atoms with Crippen molar-refractivity contribution in [2.45, 2.75) is 32.2 Å². The van der Waals surface area contributed by atoms with Crippen LogP contribution in [0.1, 0.15) is 35.8 Å². The molecule has 1 N–H and O–H groups in total. The Labute approximate surface area is 162 Å². The van der Waals surface area contributed by atoms with Crippen LogP contribution in [0.25, 0.3) is 21.5 Å². The molecule has 0 amide bonds. The first-order chi connectivity index (χ1) is 13.3. The second-order valence-electron chi connectivity index (χ2n) is 7.01. The third-order valence-corrected chi connectivity index (χ3v) is 5.97. The molecule has 0 unspecified atom stereocenters. The highest BCUT2D eigenvalue weighted by Crippen LogP contribution is 2.33. The van der Waals surface area contributed by atoms with Crippen molar-refractivity contribution in [3.63, 3.8) is 0 Å². The number of benzene rings is 2. The van der Waals surface area contributed by atoms with Crippen LogP contribution in [0.4, 0.5) is 5.82 Å². The van der Waals surface area contributed by atoms with Crippen LogP contribution in [0, 0.1) is 6.92 Å². The molecule has 4 nitrogen and oxygen atoms in total. The Bertz CT molecular complexity index is 1120. The number of nitrogens with one attached hydrogen (secondary N) is 1. The average Bonchev–Trinajstić information content (AvgIpc) is 3.16. The molecule has 0 saturated heterocycles. The molecule has 1 aliphatic rings. The topological polar surface area (TPSA) is 50.7 Å². The fraction of sp³-hybridized carbons (Fsp3) is 0.227. The van der Waals surface area contributed by atoms with E-state index in [1.807, 2.05) is 12.4 Å². The van der Waals surface area contributed by atoms with Crippen LogP contribution >= 0.6 is 11.3 Å². The Morgan fingerprint density at radius 3 is 2.96 bits per heavy atom. The molecular weight excluding hydrogens is 352 g/mol. The predicted octanol–water partition coefficient (Wildman–Crippen LogP) is 5.55. The Balaban J connectivity index is 1.49. The number of rotatable bonds is 3. The Morgan fingerprint density at radius 2 is 2.00 bits per heavy atom. The maximum absolute atomic E-state index is 4.66. The second-order valence-corrected chi connectivity index (χ2v) is 7.89. The van der Waals surface area contributed by atoms with Gasteiger partial charge < -0.3 is 5.32 Å². The smallest absolute Gasteiger partial charge is 0.130 e. The molecule has 0 aliphatic heterocycles. The second kappa shape index (κ2) is 6.74. The van der Waals surface area contributed by atoms with Crippen LogP contribution in [-0.4, -0.2) is 15.0 Å². The minimum absolute atomic E-state index is 0.304. The van der Waals surface area contributed by atoms with E-state index >= 15 is 0 Å². The van der Waals surface area contributed by atoms with Crippen LogP contribution < -0.4 is 5.32 Å². The number of nitrogens with zero attached hydrogens (tertiary/aromatic N) is 3. The van der Waals surface area contributed by atoms with Gasteiger partial charge in [0.25, 0.3) is 0 Å². The summed E-state index contributed by atoms with van der Waals surface area (Å²) in [5, 5.41) is 3.66.